The summed E-state index contributed by atoms with van der Waals surface area (Å²) < 4.78 is 4.54. The Morgan fingerprint density at radius 3 is 2.07 bits per heavy atom. The lowest BCUT2D eigenvalue weighted by molar-refractivity contribution is 0.660. The van der Waals surface area contributed by atoms with Crippen molar-refractivity contribution in [3.63, 3.8) is 0 Å². The van der Waals surface area contributed by atoms with Crippen LogP contribution >= 0.6 is 0 Å². The summed E-state index contributed by atoms with van der Waals surface area (Å²) in [6.45, 7) is 4.67. The SMILES string of the molecule is CC1(C)c2ccccc2-c2ccc(-c3cccc(-c4ccnc(-n5c6ccccc6c6cc7c8ccccc8c8nc9ccccc9n8c7cc65)n4)c3)cc21. The Hall–Kier alpha value is -7.11. The largest absolute Gasteiger partial charge is 0.292 e. The standard InChI is InChI=1S/C50H33N5/c1-50(2)40-18-7-5-15-34(40)35-23-22-31(27-41(35)50)30-12-11-13-32(26-30)42-24-25-51-49(53-42)55-44-20-9-6-16-36(44)39-28-38-33-14-3-4-17-37(33)48-52-43-19-8-10-21-45(43)54(48)46(38)29-47(39)55/h3-29H,1-2H3. The molecule has 0 radical (unpaired) electrons. The van der Waals surface area contributed by atoms with Gasteiger partial charge in [0, 0.05) is 38.7 Å². The molecule has 7 aromatic carbocycles. The third kappa shape index (κ3) is 4.21. The smallest absolute Gasteiger partial charge is 0.235 e. The molecule has 0 atom stereocenters. The maximum Gasteiger partial charge on any atom is 0.235 e. The molecule has 55 heavy (non-hydrogen) atoms. The molecule has 12 rings (SSSR count). The van der Waals surface area contributed by atoms with Crippen LogP contribution in [0.1, 0.15) is 25.0 Å². The lowest BCUT2D eigenvalue weighted by atomic mass is 9.81. The number of benzene rings is 7. The molecule has 0 spiro atoms. The molecule has 1 aliphatic carbocycles. The van der Waals surface area contributed by atoms with Gasteiger partial charge in [0.05, 0.1) is 33.3 Å². The van der Waals surface area contributed by atoms with E-state index in [1.807, 2.05) is 12.3 Å². The van der Waals surface area contributed by atoms with Crippen molar-refractivity contribution in [2.45, 2.75) is 19.3 Å². The zero-order chi connectivity index (χ0) is 36.4. The average molecular weight is 704 g/mol. The molecule has 0 fully saturated rings. The van der Waals surface area contributed by atoms with Crippen LogP contribution in [0.5, 0.6) is 0 Å². The van der Waals surface area contributed by atoms with Crippen molar-refractivity contribution in [2.24, 2.45) is 0 Å². The van der Waals surface area contributed by atoms with E-state index in [4.69, 9.17) is 15.0 Å². The quantitative estimate of drug-likeness (QED) is 0.172. The molecule has 4 heterocycles. The first-order valence-corrected chi connectivity index (χ1v) is 18.9. The number of nitrogens with zero attached hydrogens (tertiary/aromatic N) is 5. The van der Waals surface area contributed by atoms with Crippen molar-refractivity contribution in [1.29, 1.82) is 0 Å². The highest BCUT2D eigenvalue weighted by molar-refractivity contribution is 6.20. The highest BCUT2D eigenvalue weighted by Gasteiger charge is 2.35. The van der Waals surface area contributed by atoms with Crippen molar-refractivity contribution < 1.29 is 0 Å². The molecule has 0 amide bonds. The molecule has 5 heteroatoms. The van der Waals surface area contributed by atoms with Crippen molar-refractivity contribution in [2.75, 3.05) is 0 Å². The van der Waals surface area contributed by atoms with Gasteiger partial charge in [0.1, 0.15) is 5.65 Å². The van der Waals surface area contributed by atoms with Crippen LogP contribution in [-0.4, -0.2) is 23.9 Å². The van der Waals surface area contributed by atoms with Crippen LogP contribution in [0.25, 0.3) is 99.6 Å². The molecule has 0 unspecified atom stereocenters. The van der Waals surface area contributed by atoms with Crippen LogP contribution in [0.3, 0.4) is 0 Å². The van der Waals surface area contributed by atoms with E-state index in [0.29, 0.717) is 5.95 Å². The predicted molar refractivity (Wildman–Crippen MR) is 226 cm³/mol. The normalized spacial score (nSPS) is 13.4. The Bertz CT molecular complexity index is 3420. The Morgan fingerprint density at radius 2 is 1.16 bits per heavy atom. The predicted octanol–water partition coefficient (Wildman–Crippen LogP) is 12.3. The van der Waals surface area contributed by atoms with Gasteiger partial charge in [-0.05, 0) is 87.3 Å². The van der Waals surface area contributed by atoms with Crippen LogP contribution in [0.4, 0.5) is 0 Å². The van der Waals surface area contributed by atoms with Gasteiger partial charge in [-0.1, -0.05) is 123 Å². The topological polar surface area (TPSA) is 48.0 Å². The van der Waals surface area contributed by atoms with Crippen LogP contribution < -0.4 is 0 Å². The van der Waals surface area contributed by atoms with Gasteiger partial charge in [-0.25, -0.2) is 15.0 Å². The van der Waals surface area contributed by atoms with E-state index in [2.05, 4.69) is 174 Å². The number of para-hydroxylation sites is 3. The van der Waals surface area contributed by atoms with Crippen LogP contribution in [-0.2, 0) is 5.41 Å². The number of imidazole rings is 1. The molecule has 4 aromatic heterocycles. The first-order chi connectivity index (χ1) is 27.0. The zero-order valence-corrected chi connectivity index (χ0v) is 30.3. The highest BCUT2D eigenvalue weighted by Crippen LogP contribution is 2.49. The van der Waals surface area contributed by atoms with Crippen molar-refractivity contribution in [3.05, 3.63) is 175 Å². The monoisotopic (exact) mass is 703 g/mol. The number of hydrogen-bond donors (Lipinski definition) is 0. The minimum atomic E-state index is -0.0570. The maximum absolute atomic E-state index is 5.29. The average Bonchev–Trinajstić information content (AvgIpc) is 3.86. The fourth-order valence-electron chi connectivity index (χ4n) is 9.34. The summed E-state index contributed by atoms with van der Waals surface area (Å²) in [5.41, 5.74) is 15.9. The van der Waals surface area contributed by atoms with E-state index < -0.39 is 0 Å². The second kappa shape index (κ2) is 11.0. The van der Waals surface area contributed by atoms with Gasteiger partial charge in [0.15, 0.2) is 0 Å². The number of rotatable bonds is 3. The summed E-state index contributed by atoms with van der Waals surface area (Å²) in [4.78, 5) is 15.4. The van der Waals surface area contributed by atoms with Crippen LogP contribution in [0.15, 0.2) is 164 Å². The lowest BCUT2D eigenvalue weighted by Gasteiger charge is -2.22. The first kappa shape index (κ1) is 30.4. The summed E-state index contributed by atoms with van der Waals surface area (Å²) in [6.07, 6.45) is 1.89. The van der Waals surface area contributed by atoms with Gasteiger partial charge < -0.3 is 0 Å². The van der Waals surface area contributed by atoms with E-state index >= 15 is 0 Å². The van der Waals surface area contributed by atoms with Crippen molar-refractivity contribution in [3.8, 4) is 39.5 Å². The number of pyridine rings is 1. The van der Waals surface area contributed by atoms with E-state index in [1.54, 1.807) is 0 Å². The molecular formula is C50H33N5. The van der Waals surface area contributed by atoms with Crippen molar-refractivity contribution in [1.82, 2.24) is 23.9 Å². The van der Waals surface area contributed by atoms with Crippen molar-refractivity contribution >= 4 is 60.2 Å². The van der Waals surface area contributed by atoms with E-state index in [9.17, 15) is 0 Å². The van der Waals surface area contributed by atoms with Crippen LogP contribution in [0, 0.1) is 0 Å². The van der Waals surface area contributed by atoms with Gasteiger partial charge in [0.2, 0.25) is 5.95 Å². The second-order valence-corrected chi connectivity index (χ2v) is 15.3. The molecule has 11 aromatic rings. The Kier molecular flexibility index (Phi) is 6.05. The summed E-state index contributed by atoms with van der Waals surface area (Å²) in [6, 6.07) is 56.8. The van der Waals surface area contributed by atoms with Gasteiger partial charge in [-0.15, -0.1) is 0 Å². The minimum absolute atomic E-state index is 0.0570. The fraction of sp³-hybridized carbons (Fsp3) is 0.0600. The summed E-state index contributed by atoms with van der Waals surface area (Å²) in [5.74, 6) is 0.637. The van der Waals surface area contributed by atoms with Gasteiger partial charge >= 0.3 is 0 Å². The highest BCUT2D eigenvalue weighted by atomic mass is 15.2. The Balaban J connectivity index is 1.04. The number of fused-ring (bicyclic) bond motifs is 14. The molecule has 1 aliphatic rings. The number of hydrogen-bond acceptors (Lipinski definition) is 3. The molecule has 0 N–H and O–H groups in total. The van der Waals surface area contributed by atoms with Crippen LogP contribution in [0.2, 0.25) is 0 Å². The molecular weight excluding hydrogens is 671 g/mol. The summed E-state index contributed by atoms with van der Waals surface area (Å²) in [7, 11) is 0. The van der Waals surface area contributed by atoms with E-state index in [-0.39, 0.29) is 5.41 Å². The molecule has 0 saturated heterocycles. The van der Waals surface area contributed by atoms with Gasteiger partial charge in [0.25, 0.3) is 0 Å². The summed E-state index contributed by atoms with van der Waals surface area (Å²) >= 11 is 0. The van der Waals surface area contributed by atoms with E-state index in [0.717, 1.165) is 60.6 Å². The second-order valence-electron chi connectivity index (χ2n) is 15.3. The van der Waals surface area contributed by atoms with Gasteiger partial charge in [-0.2, -0.15) is 0 Å². The van der Waals surface area contributed by atoms with Gasteiger partial charge in [-0.3, -0.25) is 8.97 Å². The molecule has 0 saturated carbocycles. The molecule has 258 valence electrons. The lowest BCUT2D eigenvalue weighted by Crippen LogP contribution is -2.14. The maximum atomic E-state index is 5.29. The van der Waals surface area contributed by atoms with E-state index in [1.165, 1.54) is 44.2 Å². The fourth-order valence-corrected chi connectivity index (χ4v) is 9.34. The molecule has 0 aliphatic heterocycles. The number of aromatic nitrogens is 5. The third-order valence-corrected chi connectivity index (χ3v) is 12.0. The molecule has 5 nitrogen and oxygen atoms in total. The summed E-state index contributed by atoms with van der Waals surface area (Å²) in [5, 5.41) is 5.84. The zero-order valence-electron chi connectivity index (χ0n) is 30.3. The first-order valence-electron chi connectivity index (χ1n) is 18.9. The Morgan fingerprint density at radius 1 is 0.455 bits per heavy atom. The minimum Gasteiger partial charge on any atom is -0.292 e. The molecule has 0 bridgehead atoms. The Labute approximate surface area is 316 Å². The third-order valence-electron chi connectivity index (χ3n) is 12.0.